The Balaban J connectivity index is 0.000000338. The van der Waals surface area contributed by atoms with Crippen LogP contribution >= 0.6 is 0 Å². The number of benzene rings is 2. The molecule has 1 aliphatic heterocycles. The topological polar surface area (TPSA) is 3.24 Å². The summed E-state index contributed by atoms with van der Waals surface area (Å²) in [4.78, 5) is 2.46. The van der Waals surface area contributed by atoms with Crippen molar-refractivity contribution in [2.45, 2.75) is 33.0 Å². The van der Waals surface area contributed by atoms with E-state index in [1.54, 1.807) is 0 Å². The first-order valence-electron chi connectivity index (χ1n) is 10.2. The molecular weight excluding hydrogens is 529 g/mol. The van der Waals surface area contributed by atoms with Crippen LogP contribution in [0.1, 0.15) is 12.5 Å². The molecule has 1 unspecified atom stereocenters. The van der Waals surface area contributed by atoms with Crippen LogP contribution < -0.4 is 29.7 Å². The molecule has 163 valence electrons. The van der Waals surface area contributed by atoms with E-state index in [1.165, 1.54) is 38.9 Å². The molecule has 0 saturated heterocycles. The molecule has 0 aromatic heterocycles. The van der Waals surface area contributed by atoms with Crippen molar-refractivity contribution >= 4 is 30.5 Å². The molecule has 1 nitrogen and oxygen atoms in total. The quantitative estimate of drug-likeness (QED) is 0.331. The summed E-state index contributed by atoms with van der Waals surface area (Å²) in [6.45, 7) is 8.98. The molecule has 0 saturated carbocycles. The fourth-order valence-corrected chi connectivity index (χ4v) is 5.02. The molecule has 3 aromatic rings. The van der Waals surface area contributed by atoms with Gasteiger partial charge in [-0.2, -0.15) is 6.07 Å². The molecule has 5 rings (SSSR count). The third-order valence-electron chi connectivity index (χ3n) is 5.25. The Morgan fingerprint density at radius 2 is 1.56 bits per heavy atom. The molecule has 0 spiro atoms. The molecule has 1 heterocycles. The normalized spacial score (nSPS) is 15.6. The molecule has 32 heavy (non-hydrogen) atoms. The first-order valence-corrected chi connectivity index (χ1v) is 12.8. The average Bonchev–Trinajstić information content (AvgIpc) is 3.32. The average molecular weight is 557 g/mol. The monoisotopic (exact) mass is 554 g/mol. The maximum Gasteiger partial charge on any atom is 3.00 e. The predicted molar refractivity (Wildman–Crippen MR) is 130 cm³/mol. The molecule has 1 aliphatic carbocycles. The first-order chi connectivity index (χ1) is 14.0. The van der Waals surface area contributed by atoms with E-state index in [4.69, 9.17) is 0 Å². The Morgan fingerprint density at radius 3 is 2.22 bits per heavy atom. The smallest absolute Gasteiger partial charge is 1.00 e. The molecule has 0 fully saturated rings. The van der Waals surface area contributed by atoms with E-state index in [0.29, 0.717) is 6.04 Å². The number of hydrogen-bond acceptors (Lipinski definition) is 1. The van der Waals surface area contributed by atoms with Gasteiger partial charge in [0.2, 0.25) is 0 Å². The van der Waals surface area contributed by atoms with Gasteiger partial charge < -0.3 is 29.7 Å². The molecule has 1 radical (unpaired) electrons. The Hall–Kier alpha value is -1.38. The molecule has 0 amide bonds. The molecule has 5 heteroatoms. The number of aryl methyl sites for hydroxylation is 1. The van der Waals surface area contributed by atoms with Crippen molar-refractivity contribution in [2.24, 2.45) is 0 Å². The number of fused-ring (bicyclic) bond motifs is 2. The summed E-state index contributed by atoms with van der Waals surface area (Å²) >= 11 is 0. The number of anilines is 1. The van der Waals surface area contributed by atoms with Crippen molar-refractivity contribution in [1.82, 2.24) is 0 Å². The van der Waals surface area contributed by atoms with Gasteiger partial charge in [-0.05, 0) is 42.4 Å². The second kappa shape index (κ2) is 12.8. The SMILES string of the molecule is CC1=CC2=CC(C=[Si](C)C)N(c3ccccc3)C2=C1.Cc1cc2ccccc2[cH-]1.[Cl-].[Cl-].[Zr+3]. The maximum absolute atomic E-state index is 2.51. The minimum absolute atomic E-state index is 0. The van der Waals surface area contributed by atoms with Gasteiger partial charge in [0.25, 0.3) is 0 Å². The number of allylic oxidation sites excluding steroid dienone is 3. The summed E-state index contributed by atoms with van der Waals surface area (Å²) < 4.78 is 0. The standard InChI is InChI=1S/C17H19NSi.C10H9.2ClH.Zr/c1-13-9-14-11-16(12-19(2)3)18(17(14)10-13)15-7-5-4-6-8-15;1-8-6-9-4-2-3-5-10(9)7-8;;;/h4-12,16H,1-3H3;2-7H,1H3;2*1H;/q;-1;;;+3/p-2. The van der Waals surface area contributed by atoms with Gasteiger partial charge in [0.05, 0.1) is 6.04 Å². The van der Waals surface area contributed by atoms with Crippen molar-refractivity contribution in [1.29, 1.82) is 0 Å². The van der Waals surface area contributed by atoms with Gasteiger partial charge in [-0.25, -0.2) is 0 Å². The van der Waals surface area contributed by atoms with Crippen molar-refractivity contribution < 1.29 is 51.0 Å². The van der Waals surface area contributed by atoms with Crippen molar-refractivity contribution in [2.75, 3.05) is 4.90 Å². The summed E-state index contributed by atoms with van der Waals surface area (Å²) in [6.07, 6.45) is 6.98. The third kappa shape index (κ3) is 6.58. The number of hydrogen-bond donors (Lipinski definition) is 0. The van der Waals surface area contributed by atoms with Gasteiger partial charge in [0.15, 0.2) is 0 Å². The van der Waals surface area contributed by atoms with Gasteiger partial charge in [0, 0.05) is 19.8 Å². The number of rotatable bonds is 2. The molecule has 1 atom stereocenters. The van der Waals surface area contributed by atoms with E-state index in [9.17, 15) is 0 Å². The number of nitrogens with zero attached hydrogens (tertiary/aromatic N) is 1. The summed E-state index contributed by atoms with van der Waals surface area (Å²) in [5.74, 6) is 0. The molecule has 2 aliphatic rings. The van der Waals surface area contributed by atoms with Crippen LogP contribution in [-0.2, 0) is 26.2 Å². The Morgan fingerprint density at radius 1 is 0.906 bits per heavy atom. The predicted octanol–water partition coefficient (Wildman–Crippen LogP) is 0.656. The zero-order valence-electron chi connectivity index (χ0n) is 18.9. The van der Waals surface area contributed by atoms with Crippen LogP contribution in [0.4, 0.5) is 5.69 Å². The van der Waals surface area contributed by atoms with Crippen LogP contribution in [0.2, 0.25) is 13.1 Å². The van der Waals surface area contributed by atoms with Crippen molar-refractivity contribution in [3.63, 3.8) is 0 Å². The Bertz CT molecular complexity index is 1120. The van der Waals surface area contributed by atoms with Gasteiger partial charge in [0.1, 0.15) is 0 Å². The Kier molecular flexibility index (Phi) is 11.4. The van der Waals surface area contributed by atoms with Gasteiger partial charge in [-0.15, -0.1) is 40.6 Å². The second-order valence-corrected chi connectivity index (χ2v) is 10.6. The molecular formula is C27H28Cl2NSiZr. The van der Waals surface area contributed by atoms with E-state index < -0.39 is 0 Å². The van der Waals surface area contributed by atoms with Crippen LogP contribution in [0.3, 0.4) is 0 Å². The summed E-state index contributed by atoms with van der Waals surface area (Å²) in [7, 11) is -0.360. The van der Waals surface area contributed by atoms with E-state index in [-0.39, 0.29) is 59.4 Å². The van der Waals surface area contributed by atoms with Gasteiger partial charge in [-0.3, -0.25) is 0 Å². The fraction of sp³-hybridized carbons (Fsp3) is 0.185. The van der Waals surface area contributed by atoms with Crippen LogP contribution in [0.5, 0.6) is 0 Å². The van der Waals surface area contributed by atoms with Crippen molar-refractivity contribution in [3.8, 4) is 0 Å². The molecule has 3 aromatic carbocycles. The largest absolute Gasteiger partial charge is 3.00 e. The maximum atomic E-state index is 2.51. The van der Waals surface area contributed by atoms with Crippen LogP contribution in [-0.4, -0.2) is 20.1 Å². The molecule has 0 bridgehead atoms. The van der Waals surface area contributed by atoms with Gasteiger partial charge in [-0.1, -0.05) is 56.0 Å². The van der Waals surface area contributed by atoms with Crippen LogP contribution in [0.15, 0.2) is 102 Å². The van der Waals surface area contributed by atoms with E-state index in [1.807, 2.05) is 0 Å². The minimum atomic E-state index is -0.360. The number of halogens is 2. The van der Waals surface area contributed by atoms with Crippen molar-refractivity contribution in [3.05, 3.63) is 107 Å². The zero-order chi connectivity index (χ0) is 20.4. The summed E-state index contributed by atoms with van der Waals surface area (Å²) in [5, 5.41) is 2.69. The first kappa shape index (κ1) is 28.7. The number of para-hydroxylation sites is 1. The van der Waals surface area contributed by atoms with E-state index >= 15 is 0 Å². The minimum Gasteiger partial charge on any atom is -1.00 e. The van der Waals surface area contributed by atoms with E-state index in [0.717, 1.165) is 0 Å². The molecule has 0 N–H and O–H groups in total. The summed E-state index contributed by atoms with van der Waals surface area (Å²) in [6, 6.07) is 23.9. The second-order valence-electron chi connectivity index (χ2n) is 8.14. The van der Waals surface area contributed by atoms with E-state index in [2.05, 4.69) is 122 Å². The summed E-state index contributed by atoms with van der Waals surface area (Å²) in [5.41, 5.74) is 9.22. The fourth-order valence-electron chi connectivity index (χ4n) is 4.09. The Labute approximate surface area is 225 Å². The van der Waals surface area contributed by atoms with Crippen LogP contribution in [0.25, 0.3) is 10.8 Å². The van der Waals surface area contributed by atoms with Crippen LogP contribution in [0, 0.1) is 6.92 Å². The zero-order valence-corrected chi connectivity index (χ0v) is 23.9. The third-order valence-corrected chi connectivity index (χ3v) is 6.26. The van der Waals surface area contributed by atoms with Gasteiger partial charge >= 0.3 is 26.2 Å².